The van der Waals surface area contributed by atoms with Crippen LogP contribution in [0.1, 0.15) is 19.8 Å². The van der Waals surface area contributed by atoms with E-state index < -0.39 is 0 Å². The average molecular weight is 249 g/mol. The number of nitrogens with zero attached hydrogens (tertiary/aromatic N) is 2. The van der Waals surface area contributed by atoms with E-state index in [9.17, 15) is 0 Å². The molecule has 1 aliphatic heterocycles. The number of hydrogen-bond donors (Lipinski definition) is 1. The van der Waals surface area contributed by atoms with E-state index >= 15 is 0 Å². The Bertz CT molecular complexity index is 364. The quantitative estimate of drug-likeness (QED) is 0.865. The van der Waals surface area contributed by atoms with E-state index in [1.807, 2.05) is 18.3 Å². The lowest BCUT2D eigenvalue weighted by Crippen LogP contribution is -2.38. The number of methoxy groups -OCH3 is 1. The van der Waals surface area contributed by atoms with Crippen molar-refractivity contribution in [2.75, 3.05) is 38.2 Å². The van der Waals surface area contributed by atoms with E-state index in [1.165, 1.54) is 12.8 Å². The van der Waals surface area contributed by atoms with Crippen molar-refractivity contribution in [3.63, 3.8) is 0 Å². The standard InChI is InChI=1S/C14H23N3O/c1-3-17(11-12-6-4-8-15-10-12)14-13(18-2)7-5-9-16-14/h5,7,9,12,15H,3-4,6,8,10-11H2,1-2H3. The largest absolute Gasteiger partial charge is 0.493 e. The predicted molar refractivity (Wildman–Crippen MR) is 74.3 cm³/mol. The van der Waals surface area contributed by atoms with Gasteiger partial charge >= 0.3 is 0 Å². The van der Waals surface area contributed by atoms with Crippen molar-refractivity contribution >= 4 is 5.82 Å². The number of aromatic nitrogens is 1. The first kappa shape index (κ1) is 13.1. The molecule has 18 heavy (non-hydrogen) atoms. The number of hydrogen-bond acceptors (Lipinski definition) is 4. The number of piperidine rings is 1. The SMILES string of the molecule is CCN(CC1CCCNC1)c1ncccc1OC. The Labute approximate surface area is 109 Å². The van der Waals surface area contributed by atoms with Crippen LogP contribution in [-0.4, -0.2) is 38.3 Å². The fourth-order valence-electron chi connectivity index (χ4n) is 2.54. The molecule has 0 spiro atoms. The number of pyridine rings is 1. The van der Waals surface area contributed by atoms with E-state index in [-0.39, 0.29) is 0 Å². The molecule has 0 bridgehead atoms. The highest BCUT2D eigenvalue weighted by Gasteiger charge is 2.19. The molecule has 2 heterocycles. The number of rotatable bonds is 5. The van der Waals surface area contributed by atoms with E-state index in [4.69, 9.17) is 4.74 Å². The molecular formula is C14H23N3O. The van der Waals surface area contributed by atoms with Crippen LogP contribution < -0.4 is 15.0 Å². The molecule has 1 saturated heterocycles. The van der Waals surface area contributed by atoms with Gasteiger partial charge in [-0.3, -0.25) is 0 Å². The normalized spacial score (nSPS) is 19.6. The van der Waals surface area contributed by atoms with Crippen molar-refractivity contribution in [1.29, 1.82) is 0 Å². The summed E-state index contributed by atoms with van der Waals surface area (Å²) in [4.78, 5) is 6.78. The van der Waals surface area contributed by atoms with Crippen molar-refractivity contribution in [2.24, 2.45) is 5.92 Å². The van der Waals surface area contributed by atoms with Gasteiger partial charge in [-0.15, -0.1) is 0 Å². The first-order chi connectivity index (χ1) is 8.85. The van der Waals surface area contributed by atoms with Crippen molar-refractivity contribution in [1.82, 2.24) is 10.3 Å². The van der Waals surface area contributed by atoms with E-state index in [2.05, 4.69) is 22.1 Å². The van der Waals surface area contributed by atoms with Gasteiger partial charge in [0.25, 0.3) is 0 Å². The summed E-state index contributed by atoms with van der Waals surface area (Å²) in [5.74, 6) is 2.54. The van der Waals surface area contributed by atoms with Gasteiger partial charge in [-0.25, -0.2) is 4.98 Å². The third-order valence-corrected chi connectivity index (χ3v) is 3.53. The van der Waals surface area contributed by atoms with Crippen LogP contribution in [0.4, 0.5) is 5.82 Å². The summed E-state index contributed by atoms with van der Waals surface area (Å²) in [5, 5.41) is 3.47. The molecule has 1 atom stereocenters. The second-order valence-corrected chi connectivity index (χ2v) is 4.78. The molecule has 0 amide bonds. The molecule has 0 aliphatic carbocycles. The molecule has 4 heteroatoms. The summed E-state index contributed by atoms with van der Waals surface area (Å²) in [6, 6.07) is 3.89. The maximum absolute atomic E-state index is 5.40. The maximum atomic E-state index is 5.40. The predicted octanol–water partition coefficient (Wildman–Crippen LogP) is 1.92. The van der Waals surface area contributed by atoms with Gasteiger partial charge in [0.05, 0.1) is 7.11 Å². The Morgan fingerprint density at radius 3 is 3.11 bits per heavy atom. The van der Waals surface area contributed by atoms with Gasteiger partial charge in [-0.05, 0) is 50.9 Å². The summed E-state index contributed by atoms with van der Waals surface area (Å²) in [6.07, 6.45) is 4.42. The van der Waals surface area contributed by atoms with Gasteiger partial charge in [0, 0.05) is 19.3 Å². The van der Waals surface area contributed by atoms with Crippen molar-refractivity contribution in [3.05, 3.63) is 18.3 Å². The average Bonchev–Trinajstić information content (AvgIpc) is 2.46. The maximum Gasteiger partial charge on any atom is 0.171 e. The lowest BCUT2D eigenvalue weighted by Gasteiger charge is -2.30. The van der Waals surface area contributed by atoms with Gasteiger partial charge in [0.2, 0.25) is 0 Å². The molecule has 2 rings (SSSR count). The van der Waals surface area contributed by atoms with E-state index in [0.29, 0.717) is 5.92 Å². The van der Waals surface area contributed by atoms with Crippen molar-refractivity contribution in [2.45, 2.75) is 19.8 Å². The fourth-order valence-corrected chi connectivity index (χ4v) is 2.54. The highest BCUT2D eigenvalue weighted by Crippen LogP contribution is 2.26. The first-order valence-electron chi connectivity index (χ1n) is 6.79. The molecule has 1 aliphatic rings. The minimum Gasteiger partial charge on any atom is -0.493 e. The monoisotopic (exact) mass is 249 g/mol. The van der Waals surface area contributed by atoms with Crippen LogP contribution in [0.3, 0.4) is 0 Å². The van der Waals surface area contributed by atoms with Crippen LogP contribution in [0.25, 0.3) is 0 Å². The minimum absolute atomic E-state index is 0.713. The zero-order valence-corrected chi connectivity index (χ0v) is 11.4. The summed E-state index contributed by atoms with van der Waals surface area (Å²) >= 11 is 0. The van der Waals surface area contributed by atoms with Gasteiger partial charge in [0.1, 0.15) is 0 Å². The molecule has 100 valence electrons. The van der Waals surface area contributed by atoms with Crippen LogP contribution in [0.2, 0.25) is 0 Å². The molecule has 1 aromatic heterocycles. The summed E-state index contributed by atoms with van der Waals surface area (Å²) in [5.41, 5.74) is 0. The molecule has 1 unspecified atom stereocenters. The lowest BCUT2D eigenvalue weighted by molar-refractivity contribution is 0.373. The molecule has 1 N–H and O–H groups in total. The molecular weight excluding hydrogens is 226 g/mol. The summed E-state index contributed by atoms with van der Waals surface area (Å²) < 4.78 is 5.40. The zero-order chi connectivity index (χ0) is 12.8. The van der Waals surface area contributed by atoms with Crippen LogP contribution in [0, 0.1) is 5.92 Å². The highest BCUT2D eigenvalue weighted by atomic mass is 16.5. The summed E-state index contributed by atoms with van der Waals surface area (Å²) in [6.45, 7) is 6.46. The number of ether oxygens (including phenoxy) is 1. The van der Waals surface area contributed by atoms with Crippen LogP contribution >= 0.6 is 0 Å². The molecule has 1 fully saturated rings. The zero-order valence-electron chi connectivity index (χ0n) is 11.4. The first-order valence-corrected chi connectivity index (χ1v) is 6.79. The van der Waals surface area contributed by atoms with Crippen LogP contribution in [0.15, 0.2) is 18.3 Å². The van der Waals surface area contributed by atoms with Crippen molar-refractivity contribution < 1.29 is 4.74 Å². The molecule has 0 saturated carbocycles. The fraction of sp³-hybridized carbons (Fsp3) is 0.643. The highest BCUT2D eigenvalue weighted by molar-refractivity contribution is 5.51. The van der Waals surface area contributed by atoms with Crippen molar-refractivity contribution in [3.8, 4) is 5.75 Å². The van der Waals surface area contributed by atoms with Crippen LogP contribution in [0.5, 0.6) is 5.75 Å². The molecule has 1 aromatic rings. The smallest absolute Gasteiger partial charge is 0.171 e. The second kappa shape index (κ2) is 6.59. The number of nitrogens with one attached hydrogen (secondary N) is 1. The Morgan fingerprint density at radius 2 is 2.44 bits per heavy atom. The van der Waals surface area contributed by atoms with E-state index in [1.54, 1.807) is 7.11 Å². The van der Waals surface area contributed by atoms with E-state index in [0.717, 1.165) is 37.7 Å². The second-order valence-electron chi connectivity index (χ2n) is 4.78. The van der Waals surface area contributed by atoms with Gasteiger partial charge in [0.15, 0.2) is 11.6 Å². The minimum atomic E-state index is 0.713. The van der Waals surface area contributed by atoms with Gasteiger partial charge in [-0.1, -0.05) is 0 Å². The lowest BCUT2D eigenvalue weighted by atomic mass is 9.99. The van der Waals surface area contributed by atoms with Gasteiger partial charge in [-0.2, -0.15) is 0 Å². The van der Waals surface area contributed by atoms with Gasteiger partial charge < -0.3 is 15.0 Å². The Balaban J connectivity index is 2.07. The number of anilines is 1. The third kappa shape index (κ3) is 3.13. The van der Waals surface area contributed by atoms with Crippen LogP contribution in [-0.2, 0) is 0 Å². The molecule has 0 radical (unpaired) electrons. The molecule has 4 nitrogen and oxygen atoms in total. The summed E-state index contributed by atoms with van der Waals surface area (Å²) in [7, 11) is 1.70. The Hall–Kier alpha value is -1.29. The third-order valence-electron chi connectivity index (χ3n) is 3.53. The Morgan fingerprint density at radius 1 is 1.56 bits per heavy atom. The molecule has 0 aromatic carbocycles. The Kier molecular flexibility index (Phi) is 4.81. The topological polar surface area (TPSA) is 37.4 Å².